The topological polar surface area (TPSA) is 60.0 Å². The summed E-state index contributed by atoms with van der Waals surface area (Å²) in [4.78, 5) is 14.6. The van der Waals surface area contributed by atoms with Crippen molar-refractivity contribution in [3.63, 3.8) is 0 Å². The molecule has 30 heavy (non-hydrogen) atoms. The molecule has 2 aromatic rings. The Morgan fingerprint density at radius 3 is 2.37 bits per heavy atom. The Hall–Kier alpha value is -2.80. The molecule has 2 aromatic carbocycles. The number of hydrogen-bond acceptors (Lipinski definition) is 5. The molecule has 0 radical (unpaired) electrons. The molecule has 3 rings (SSSR count). The molecule has 0 bridgehead atoms. The molecule has 2 atom stereocenters. The lowest BCUT2D eigenvalue weighted by molar-refractivity contribution is -0.00539. The molecule has 0 saturated carbocycles. The second-order valence-electron chi connectivity index (χ2n) is 7.31. The van der Waals surface area contributed by atoms with Gasteiger partial charge < -0.3 is 24.4 Å². The molecule has 1 heterocycles. The number of carbonyl (C=O) groups is 1. The smallest absolute Gasteiger partial charge is 0.255 e. The second kappa shape index (κ2) is 9.80. The molecule has 0 aromatic heterocycles. The molecule has 1 aliphatic heterocycles. The van der Waals surface area contributed by atoms with E-state index in [9.17, 15) is 9.18 Å². The minimum atomic E-state index is -0.379. The van der Waals surface area contributed by atoms with E-state index in [1.807, 2.05) is 32.6 Å². The Bertz CT molecular complexity index is 880. The van der Waals surface area contributed by atoms with Crippen molar-refractivity contribution in [3.05, 3.63) is 47.8 Å². The third kappa shape index (κ3) is 5.21. The van der Waals surface area contributed by atoms with Crippen LogP contribution in [0.25, 0.3) is 0 Å². The van der Waals surface area contributed by atoms with E-state index < -0.39 is 0 Å². The largest absolute Gasteiger partial charge is 0.490 e. The first-order chi connectivity index (χ1) is 14.4. The number of halogens is 1. The maximum atomic E-state index is 14.8. The van der Waals surface area contributed by atoms with Gasteiger partial charge in [-0.25, -0.2) is 4.39 Å². The molecule has 1 aliphatic rings. The zero-order valence-electron chi connectivity index (χ0n) is 17.9. The van der Waals surface area contributed by atoms with Crippen molar-refractivity contribution < 1.29 is 23.4 Å². The van der Waals surface area contributed by atoms with Gasteiger partial charge >= 0.3 is 0 Å². The van der Waals surface area contributed by atoms with Crippen molar-refractivity contribution >= 4 is 17.3 Å². The van der Waals surface area contributed by atoms with Crippen LogP contribution in [0.3, 0.4) is 0 Å². The Kier molecular flexibility index (Phi) is 7.15. The van der Waals surface area contributed by atoms with Crippen LogP contribution in [-0.2, 0) is 4.74 Å². The summed E-state index contributed by atoms with van der Waals surface area (Å²) in [6.45, 7) is 9.90. The van der Waals surface area contributed by atoms with Crippen LogP contribution in [0.1, 0.15) is 38.1 Å². The van der Waals surface area contributed by atoms with E-state index in [-0.39, 0.29) is 23.9 Å². The van der Waals surface area contributed by atoms with Crippen LogP contribution in [0.2, 0.25) is 0 Å². The van der Waals surface area contributed by atoms with E-state index >= 15 is 0 Å². The molecule has 6 nitrogen and oxygen atoms in total. The average Bonchev–Trinajstić information content (AvgIpc) is 2.69. The number of carbonyl (C=O) groups excluding carboxylic acids is 1. The van der Waals surface area contributed by atoms with Crippen molar-refractivity contribution in [2.75, 3.05) is 36.5 Å². The van der Waals surface area contributed by atoms with Crippen LogP contribution in [0, 0.1) is 5.82 Å². The number of rotatable bonds is 7. The zero-order valence-corrected chi connectivity index (χ0v) is 17.9. The molecule has 1 N–H and O–H groups in total. The summed E-state index contributed by atoms with van der Waals surface area (Å²) in [7, 11) is 0. The van der Waals surface area contributed by atoms with Crippen molar-refractivity contribution in [2.45, 2.75) is 39.9 Å². The van der Waals surface area contributed by atoms with Gasteiger partial charge in [0, 0.05) is 24.3 Å². The number of hydrogen-bond donors (Lipinski definition) is 1. The highest BCUT2D eigenvalue weighted by atomic mass is 19.1. The normalized spacial score (nSPS) is 18.8. The van der Waals surface area contributed by atoms with Crippen molar-refractivity contribution in [1.29, 1.82) is 0 Å². The first-order valence-electron chi connectivity index (χ1n) is 10.3. The van der Waals surface area contributed by atoms with Gasteiger partial charge in [-0.05, 0) is 64.1 Å². The lowest BCUT2D eigenvalue weighted by Crippen LogP contribution is -2.45. The van der Waals surface area contributed by atoms with E-state index in [2.05, 4.69) is 5.32 Å². The molecular formula is C23H29FN2O4. The summed E-state index contributed by atoms with van der Waals surface area (Å²) in [5, 5.41) is 2.75. The lowest BCUT2D eigenvalue weighted by Gasteiger charge is -2.37. The van der Waals surface area contributed by atoms with Gasteiger partial charge in [0.1, 0.15) is 5.82 Å². The SMILES string of the molecule is CCOc1ccc(C(=O)Nc2ccc(N3CC(C)OC(C)C3)c(F)c2)cc1OCC. The fourth-order valence-corrected chi connectivity index (χ4v) is 3.61. The molecule has 0 spiro atoms. The average molecular weight is 416 g/mol. The fraction of sp³-hybridized carbons (Fsp3) is 0.435. The molecule has 0 aliphatic carbocycles. The fourth-order valence-electron chi connectivity index (χ4n) is 3.61. The van der Waals surface area contributed by atoms with Gasteiger partial charge in [-0.15, -0.1) is 0 Å². The summed E-state index contributed by atoms with van der Waals surface area (Å²) in [6, 6.07) is 9.73. The van der Waals surface area contributed by atoms with Gasteiger partial charge in [0.25, 0.3) is 5.91 Å². The molecule has 1 fully saturated rings. The highest BCUT2D eigenvalue weighted by Crippen LogP contribution is 2.30. The van der Waals surface area contributed by atoms with Crippen LogP contribution in [0.15, 0.2) is 36.4 Å². The van der Waals surface area contributed by atoms with E-state index in [0.29, 0.717) is 54.7 Å². The van der Waals surface area contributed by atoms with E-state index in [1.54, 1.807) is 30.3 Å². The van der Waals surface area contributed by atoms with Crippen LogP contribution in [0.5, 0.6) is 11.5 Å². The number of ether oxygens (including phenoxy) is 3. The Morgan fingerprint density at radius 2 is 1.73 bits per heavy atom. The highest BCUT2D eigenvalue weighted by molar-refractivity contribution is 6.04. The summed E-state index contributed by atoms with van der Waals surface area (Å²) >= 11 is 0. The standard InChI is InChI=1S/C23H29FN2O4/c1-5-28-21-10-7-17(11-22(21)29-6-2)23(27)25-18-8-9-20(19(24)12-18)26-13-15(3)30-16(4)14-26/h7-12,15-16H,5-6,13-14H2,1-4H3,(H,25,27). The minimum absolute atomic E-state index is 0.0340. The summed E-state index contributed by atoms with van der Waals surface area (Å²) < 4.78 is 31.6. The first kappa shape index (κ1) is 21.9. The molecule has 2 unspecified atom stereocenters. The molecule has 7 heteroatoms. The number of anilines is 2. The lowest BCUT2D eigenvalue weighted by atomic mass is 10.1. The predicted octanol–water partition coefficient (Wildman–Crippen LogP) is 4.49. The number of amides is 1. The summed E-state index contributed by atoms with van der Waals surface area (Å²) in [6.07, 6.45) is 0.0680. The second-order valence-corrected chi connectivity index (χ2v) is 7.31. The molecule has 162 valence electrons. The third-order valence-corrected chi connectivity index (χ3v) is 4.77. The minimum Gasteiger partial charge on any atom is -0.490 e. The van der Waals surface area contributed by atoms with Gasteiger partial charge in [-0.3, -0.25) is 4.79 Å². The highest BCUT2D eigenvalue weighted by Gasteiger charge is 2.24. The Balaban J connectivity index is 1.74. The maximum absolute atomic E-state index is 14.8. The monoisotopic (exact) mass is 416 g/mol. The van der Waals surface area contributed by atoms with Gasteiger partial charge in [-0.2, -0.15) is 0 Å². The van der Waals surface area contributed by atoms with Crippen molar-refractivity contribution in [3.8, 4) is 11.5 Å². The first-order valence-corrected chi connectivity index (χ1v) is 10.3. The van der Waals surface area contributed by atoms with Gasteiger partial charge in [0.2, 0.25) is 0 Å². The van der Waals surface area contributed by atoms with Gasteiger partial charge in [-0.1, -0.05) is 0 Å². The Labute approximate surface area is 176 Å². The number of nitrogens with one attached hydrogen (secondary N) is 1. The molecular weight excluding hydrogens is 387 g/mol. The van der Waals surface area contributed by atoms with Crippen LogP contribution in [-0.4, -0.2) is 44.4 Å². The molecule has 1 saturated heterocycles. The van der Waals surface area contributed by atoms with Crippen LogP contribution < -0.4 is 19.7 Å². The third-order valence-electron chi connectivity index (χ3n) is 4.77. The van der Waals surface area contributed by atoms with Crippen LogP contribution in [0.4, 0.5) is 15.8 Å². The number of nitrogens with zero attached hydrogens (tertiary/aromatic N) is 1. The summed E-state index contributed by atoms with van der Waals surface area (Å²) in [5.74, 6) is 0.361. The van der Waals surface area contributed by atoms with Crippen LogP contribution >= 0.6 is 0 Å². The van der Waals surface area contributed by atoms with Crippen molar-refractivity contribution in [1.82, 2.24) is 0 Å². The Morgan fingerprint density at radius 1 is 1.07 bits per heavy atom. The van der Waals surface area contributed by atoms with Gasteiger partial charge in [0.15, 0.2) is 11.5 Å². The molecule has 1 amide bonds. The van der Waals surface area contributed by atoms with Crippen molar-refractivity contribution in [2.24, 2.45) is 0 Å². The van der Waals surface area contributed by atoms with E-state index in [4.69, 9.17) is 14.2 Å². The number of morpholine rings is 1. The van der Waals surface area contributed by atoms with E-state index in [1.165, 1.54) is 6.07 Å². The zero-order chi connectivity index (χ0) is 21.7. The summed E-state index contributed by atoms with van der Waals surface area (Å²) in [5.41, 5.74) is 1.30. The maximum Gasteiger partial charge on any atom is 0.255 e. The van der Waals surface area contributed by atoms with Gasteiger partial charge in [0.05, 0.1) is 31.1 Å². The van der Waals surface area contributed by atoms with E-state index in [0.717, 1.165) is 0 Å². The quantitative estimate of drug-likeness (QED) is 0.721. The predicted molar refractivity (Wildman–Crippen MR) is 115 cm³/mol. The number of benzene rings is 2.